The molecule has 0 unspecified atom stereocenters. The Hall–Kier alpha value is -4.70. The van der Waals surface area contributed by atoms with Crippen LogP contribution in [0.25, 0.3) is 0 Å². The highest BCUT2D eigenvalue weighted by atomic mass is 32.2. The molecule has 0 fully saturated rings. The van der Waals surface area contributed by atoms with Crippen molar-refractivity contribution >= 4 is 27.5 Å². The highest BCUT2D eigenvalue weighted by Gasteiger charge is 2.34. The molecule has 0 saturated heterocycles. The van der Waals surface area contributed by atoms with Crippen LogP contribution in [0.4, 0.5) is 10.1 Å². The number of sulfonamides is 1. The first kappa shape index (κ1) is 31.2. The first-order chi connectivity index (χ1) is 20.7. The number of para-hydroxylation sites is 1. The van der Waals surface area contributed by atoms with Gasteiger partial charge in [-0.2, -0.15) is 0 Å². The van der Waals surface area contributed by atoms with E-state index < -0.39 is 34.3 Å². The maximum atomic E-state index is 14.3. The SMILES string of the molecule is CCNC(=O)[C@@H](Cc1ccccc1)N(Cc1cccc(OC)c1)C(=O)CN(c1ccccc1)S(=O)(=O)c1ccc(F)cc1. The van der Waals surface area contributed by atoms with Crippen LogP contribution in [-0.4, -0.2) is 51.4 Å². The fraction of sp³-hybridized carbons (Fsp3) is 0.212. The molecule has 0 radical (unpaired) electrons. The number of nitrogens with zero attached hydrogens (tertiary/aromatic N) is 2. The molecule has 0 aliphatic heterocycles. The number of ether oxygens (including phenoxy) is 1. The fourth-order valence-corrected chi connectivity index (χ4v) is 6.08. The monoisotopic (exact) mass is 603 g/mol. The lowest BCUT2D eigenvalue weighted by atomic mass is 10.0. The number of hydrogen-bond donors (Lipinski definition) is 1. The average molecular weight is 604 g/mol. The van der Waals surface area contributed by atoms with E-state index >= 15 is 0 Å². The summed E-state index contributed by atoms with van der Waals surface area (Å²) in [6.07, 6.45) is 0.207. The summed E-state index contributed by atoms with van der Waals surface area (Å²) in [5.74, 6) is -0.969. The first-order valence-corrected chi connectivity index (χ1v) is 15.2. The van der Waals surface area contributed by atoms with Gasteiger partial charge >= 0.3 is 0 Å². The maximum Gasteiger partial charge on any atom is 0.264 e. The number of rotatable bonds is 13. The van der Waals surface area contributed by atoms with Crippen LogP contribution in [0.3, 0.4) is 0 Å². The van der Waals surface area contributed by atoms with Crippen LogP contribution in [-0.2, 0) is 32.6 Å². The number of benzene rings is 4. The summed E-state index contributed by atoms with van der Waals surface area (Å²) in [5.41, 5.74) is 1.78. The second kappa shape index (κ2) is 14.5. The summed E-state index contributed by atoms with van der Waals surface area (Å²) in [5, 5.41) is 2.83. The number of amides is 2. The predicted octanol–water partition coefficient (Wildman–Crippen LogP) is 4.81. The van der Waals surface area contributed by atoms with Crippen molar-refractivity contribution in [3.8, 4) is 5.75 Å². The molecule has 43 heavy (non-hydrogen) atoms. The highest BCUT2D eigenvalue weighted by molar-refractivity contribution is 7.92. The molecular formula is C33H34FN3O5S. The fourth-order valence-electron chi connectivity index (χ4n) is 4.67. The van der Waals surface area contributed by atoms with Crippen LogP contribution < -0.4 is 14.4 Å². The summed E-state index contributed by atoms with van der Waals surface area (Å²) in [6, 6.07) is 28.1. The van der Waals surface area contributed by atoms with Crippen LogP contribution in [0.5, 0.6) is 5.75 Å². The third-order valence-electron chi connectivity index (χ3n) is 6.83. The molecule has 0 bridgehead atoms. The third kappa shape index (κ3) is 7.98. The van der Waals surface area contributed by atoms with Crippen molar-refractivity contribution in [1.29, 1.82) is 0 Å². The van der Waals surface area contributed by atoms with E-state index in [4.69, 9.17) is 4.74 Å². The summed E-state index contributed by atoms with van der Waals surface area (Å²) < 4.78 is 47.8. The van der Waals surface area contributed by atoms with Crippen LogP contribution >= 0.6 is 0 Å². The molecule has 0 aromatic heterocycles. The molecule has 4 aromatic carbocycles. The zero-order valence-corrected chi connectivity index (χ0v) is 24.8. The van der Waals surface area contributed by atoms with Gasteiger partial charge in [-0.25, -0.2) is 12.8 Å². The Morgan fingerprint density at radius 1 is 0.860 bits per heavy atom. The van der Waals surface area contributed by atoms with E-state index in [0.29, 0.717) is 17.9 Å². The molecule has 8 nitrogen and oxygen atoms in total. The molecule has 0 saturated carbocycles. The van der Waals surface area contributed by atoms with Crippen molar-refractivity contribution in [3.05, 3.63) is 126 Å². The van der Waals surface area contributed by atoms with Gasteiger partial charge in [-0.1, -0.05) is 60.7 Å². The van der Waals surface area contributed by atoms with E-state index in [-0.39, 0.29) is 29.5 Å². The Labute approximate surface area is 251 Å². The largest absolute Gasteiger partial charge is 0.497 e. The van der Waals surface area contributed by atoms with Crippen molar-refractivity contribution in [2.75, 3.05) is 24.5 Å². The molecule has 0 aliphatic rings. The van der Waals surface area contributed by atoms with Gasteiger partial charge in [0.05, 0.1) is 17.7 Å². The predicted molar refractivity (Wildman–Crippen MR) is 164 cm³/mol. The maximum absolute atomic E-state index is 14.3. The van der Waals surface area contributed by atoms with Crippen LogP contribution in [0.15, 0.2) is 114 Å². The number of halogens is 1. The molecule has 224 valence electrons. The number of methoxy groups -OCH3 is 1. The second-order valence-corrected chi connectivity index (χ2v) is 11.6. The normalized spacial score (nSPS) is 11.8. The number of anilines is 1. The smallest absolute Gasteiger partial charge is 0.264 e. The lowest BCUT2D eigenvalue weighted by Gasteiger charge is -2.33. The average Bonchev–Trinajstić information content (AvgIpc) is 3.02. The number of nitrogens with one attached hydrogen (secondary N) is 1. The molecule has 2 amide bonds. The minimum absolute atomic E-state index is 0.0178. The van der Waals surface area contributed by atoms with Crippen molar-refractivity contribution in [3.63, 3.8) is 0 Å². The molecule has 0 aliphatic carbocycles. The summed E-state index contributed by atoms with van der Waals surface area (Å²) in [6.45, 7) is 1.56. The van der Waals surface area contributed by atoms with Crippen LogP contribution in [0.1, 0.15) is 18.1 Å². The Balaban J connectivity index is 1.78. The van der Waals surface area contributed by atoms with E-state index in [9.17, 15) is 22.4 Å². The summed E-state index contributed by atoms with van der Waals surface area (Å²) in [4.78, 5) is 29.1. The van der Waals surface area contributed by atoms with Crippen molar-refractivity contribution in [2.45, 2.75) is 30.8 Å². The lowest BCUT2D eigenvalue weighted by Crippen LogP contribution is -2.53. The zero-order chi connectivity index (χ0) is 30.8. The van der Waals surface area contributed by atoms with Crippen LogP contribution in [0.2, 0.25) is 0 Å². The number of carbonyl (C=O) groups is 2. The van der Waals surface area contributed by atoms with E-state index in [2.05, 4.69) is 5.32 Å². The van der Waals surface area contributed by atoms with Crippen molar-refractivity contribution in [1.82, 2.24) is 10.2 Å². The lowest BCUT2D eigenvalue weighted by molar-refractivity contribution is -0.140. The van der Waals surface area contributed by atoms with Gasteiger partial charge in [0.15, 0.2) is 0 Å². The van der Waals surface area contributed by atoms with Gasteiger partial charge in [-0.3, -0.25) is 13.9 Å². The molecule has 10 heteroatoms. The summed E-state index contributed by atoms with van der Waals surface area (Å²) in [7, 11) is -2.76. The molecule has 4 rings (SSSR count). The van der Waals surface area contributed by atoms with Gasteiger partial charge in [0.2, 0.25) is 11.8 Å². The number of carbonyl (C=O) groups excluding carboxylic acids is 2. The highest BCUT2D eigenvalue weighted by Crippen LogP contribution is 2.25. The van der Waals surface area contributed by atoms with Gasteiger partial charge in [0.1, 0.15) is 24.2 Å². The topological polar surface area (TPSA) is 96.0 Å². The van der Waals surface area contributed by atoms with Gasteiger partial charge in [0.25, 0.3) is 10.0 Å². The van der Waals surface area contributed by atoms with Gasteiger partial charge < -0.3 is 15.0 Å². The minimum atomic E-state index is -4.30. The van der Waals surface area contributed by atoms with E-state index in [1.54, 1.807) is 55.5 Å². The number of likely N-dealkylation sites (N-methyl/N-ethyl adjacent to an activating group) is 1. The van der Waals surface area contributed by atoms with Crippen LogP contribution in [0, 0.1) is 5.82 Å². The Morgan fingerprint density at radius 3 is 2.12 bits per heavy atom. The first-order valence-electron chi connectivity index (χ1n) is 13.8. The molecular weight excluding hydrogens is 569 g/mol. The molecule has 0 heterocycles. The van der Waals surface area contributed by atoms with Gasteiger partial charge in [-0.15, -0.1) is 0 Å². The molecule has 1 N–H and O–H groups in total. The standard InChI is InChI=1S/C33H34FN3O5S/c1-3-35-33(39)31(22-25-11-6-4-7-12-25)36(23-26-13-10-16-29(21-26)42-2)32(38)24-37(28-14-8-5-9-15-28)43(40,41)30-19-17-27(34)18-20-30/h4-21,31H,3,22-24H2,1-2H3,(H,35,39)/t31-/m1/s1. The second-order valence-electron chi connectivity index (χ2n) is 9.77. The Kier molecular flexibility index (Phi) is 10.5. The van der Waals surface area contributed by atoms with E-state index in [0.717, 1.165) is 34.1 Å². The number of hydrogen-bond acceptors (Lipinski definition) is 5. The molecule has 1 atom stereocenters. The van der Waals surface area contributed by atoms with Gasteiger partial charge in [0, 0.05) is 19.5 Å². The Bertz CT molecular complexity index is 1620. The van der Waals surface area contributed by atoms with E-state index in [1.807, 2.05) is 36.4 Å². The molecule has 0 spiro atoms. The van der Waals surface area contributed by atoms with Gasteiger partial charge in [-0.05, 0) is 66.6 Å². The zero-order valence-electron chi connectivity index (χ0n) is 24.0. The van der Waals surface area contributed by atoms with Crippen molar-refractivity contribution in [2.24, 2.45) is 0 Å². The third-order valence-corrected chi connectivity index (χ3v) is 8.62. The minimum Gasteiger partial charge on any atom is -0.497 e. The van der Waals surface area contributed by atoms with Crippen molar-refractivity contribution < 1.29 is 27.1 Å². The quantitative estimate of drug-likeness (QED) is 0.237. The molecule has 4 aromatic rings. The summed E-state index contributed by atoms with van der Waals surface area (Å²) >= 11 is 0. The Morgan fingerprint density at radius 2 is 1.49 bits per heavy atom. The van der Waals surface area contributed by atoms with E-state index in [1.165, 1.54) is 12.0 Å².